The number of hydroxylamine groups is 1. The van der Waals surface area contributed by atoms with Gasteiger partial charge in [0.05, 0.1) is 0 Å². The molecule has 0 amide bonds. The predicted molar refractivity (Wildman–Crippen MR) is 64.8 cm³/mol. The van der Waals surface area contributed by atoms with Crippen molar-refractivity contribution in [3.05, 3.63) is 41.1 Å². The Hall–Kier alpha value is -2.17. The lowest BCUT2D eigenvalue weighted by atomic mass is 10.1. The number of oxime groups is 1. The van der Waals surface area contributed by atoms with Crippen LogP contribution in [-0.4, -0.2) is 33.7 Å². The SMILES string of the molecule is CC(C)(/C=N\O)/[N+]([O-])=C/C(=O)c1ccccc1. The molecule has 1 N–H and O–H groups in total. The summed E-state index contributed by atoms with van der Waals surface area (Å²) in [6, 6.07) is 8.47. The number of carbonyl (C=O) groups is 1. The summed E-state index contributed by atoms with van der Waals surface area (Å²) in [6.07, 6.45) is 2.01. The Labute approximate surface area is 99.3 Å². The first-order valence-electron chi connectivity index (χ1n) is 5.06. The zero-order valence-electron chi connectivity index (χ0n) is 9.70. The lowest BCUT2D eigenvalue weighted by Crippen LogP contribution is -2.36. The standard InChI is InChI=1S/C12H14N2O3/c1-12(2,9-13-16)14(17)8-11(15)10-6-4-3-5-7-10/h3-9,16H,1-2H3/b13-9-,14-8-. The molecule has 0 unspecified atom stereocenters. The first-order chi connectivity index (χ1) is 7.97. The number of rotatable bonds is 4. The Bertz CT molecular complexity index is 450. The van der Waals surface area contributed by atoms with Crippen molar-refractivity contribution >= 4 is 18.2 Å². The van der Waals surface area contributed by atoms with E-state index in [9.17, 15) is 10.0 Å². The maximum absolute atomic E-state index is 11.7. The van der Waals surface area contributed by atoms with Gasteiger partial charge in [0, 0.05) is 19.4 Å². The smallest absolute Gasteiger partial charge is 0.249 e. The predicted octanol–water partition coefficient (Wildman–Crippen LogP) is 1.69. The molecule has 0 spiro atoms. The Morgan fingerprint density at radius 2 is 2.00 bits per heavy atom. The number of Topliss-reactive ketones (excluding diaryl/α,β-unsaturated/α-hetero) is 1. The van der Waals surface area contributed by atoms with Crippen LogP contribution in [0.25, 0.3) is 0 Å². The van der Waals surface area contributed by atoms with Crippen LogP contribution in [0, 0.1) is 5.21 Å². The van der Waals surface area contributed by atoms with Crippen molar-refractivity contribution in [3.63, 3.8) is 0 Å². The van der Waals surface area contributed by atoms with Crippen molar-refractivity contribution in [3.8, 4) is 0 Å². The van der Waals surface area contributed by atoms with Crippen LogP contribution in [0.3, 0.4) is 0 Å². The van der Waals surface area contributed by atoms with Crippen LogP contribution in [-0.2, 0) is 0 Å². The van der Waals surface area contributed by atoms with Crippen LogP contribution < -0.4 is 0 Å². The normalized spacial score (nSPS) is 12.9. The Morgan fingerprint density at radius 1 is 1.41 bits per heavy atom. The monoisotopic (exact) mass is 234 g/mol. The van der Waals surface area contributed by atoms with Gasteiger partial charge < -0.3 is 10.4 Å². The zero-order chi connectivity index (χ0) is 12.9. The minimum absolute atomic E-state index is 0.389. The first-order valence-corrected chi connectivity index (χ1v) is 5.06. The Kier molecular flexibility index (Phi) is 3.98. The second kappa shape index (κ2) is 5.25. The lowest BCUT2D eigenvalue weighted by molar-refractivity contribution is -0.510. The average Bonchev–Trinajstić information content (AvgIpc) is 2.30. The highest BCUT2D eigenvalue weighted by atomic mass is 16.5. The number of ketones is 1. The molecule has 0 atom stereocenters. The molecule has 0 bridgehead atoms. The van der Waals surface area contributed by atoms with Gasteiger partial charge in [-0.25, -0.2) is 0 Å². The average molecular weight is 234 g/mol. The van der Waals surface area contributed by atoms with Crippen LogP contribution in [0.2, 0.25) is 0 Å². The van der Waals surface area contributed by atoms with Crippen LogP contribution in [0.15, 0.2) is 35.5 Å². The fraction of sp³-hybridized carbons (Fsp3) is 0.250. The molecule has 0 aromatic heterocycles. The van der Waals surface area contributed by atoms with Gasteiger partial charge in [0.1, 0.15) is 6.21 Å². The molecule has 1 rings (SSSR count). The van der Waals surface area contributed by atoms with Gasteiger partial charge in [0.2, 0.25) is 17.5 Å². The van der Waals surface area contributed by atoms with E-state index in [1.165, 1.54) is 13.8 Å². The largest absolute Gasteiger partial charge is 0.623 e. The number of carbonyl (C=O) groups excluding carboxylic acids is 1. The highest BCUT2D eigenvalue weighted by Crippen LogP contribution is 2.05. The fourth-order valence-corrected chi connectivity index (χ4v) is 1.15. The highest BCUT2D eigenvalue weighted by molar-refractivity contribution is 6.33. The van der Waals surface area contributed by atoms with Crippen LogP contribution >= 0.6 is 0 Å². The molecule has 90 valence electrons. The van der Waals surface area contributed by atoms with Gasteiger partial charge in [0.15, 0.2) is 0 Å². The summed E-state index contributed by atoms with van der Waals surface area (Å²) in [5.74, 6) is -0.389. The highest BCUT2D eigenvalue weighted by Gasteiger charge is 2.25. The van der Waals surface area contributed by atoms with Crippen LogP contribution in [0.1, 0.15) is 24.2 Å². The van der Waals surface area contributed by atoms with Gasteiger partial charge in [-0.1, -0.05) is 35.5 Å². The van der Waals surface area contributed by atoms with Crippen molar-refractivity contribution < 1.29 is 14.7 Å². The van der Waals surface area contributed by atoms with E-state index in [-0.39, 0.29) is 5.78 Å². The molecule has 17 heavy (non-hydrogen) atoms. The van der Waals surface area contributed by atoms with Gasteiger partial charge in [-0.05, 0) is 0 Å². The molecule has 0 aliphatic rings. The fourth-order valence-electron chi connectivity index (χ4n) is 1.15. The third-order valence-electron chi connectivity index (χ3n) is 2.23. The van der Waals surface area contributed by atoms with E-state index in [1.54, 1.807) is 30.3 Å². The van der Waals surface area contributed by atoms with E-state index < -0.39 is 5.54 Å². The Balaban J connectivity index is 2.94. The third kappa shape index (κ3) is 3.41. The number of hydrogen-bond donors (Lipinski definition) is 1. The van der Waals surface area contributed by atoms with Gasteiger partial charge >= 0.3 is 0 Å². The first kappa shape index (κ1) is 12.9. The van der Waals surface area contributed by atoms with Gasteiger partial charge in [-0.15, -0.1) is 0 Å². The summed E-state index contributed by atoms with van der Waals surface area (Å²) in [7, 11) is 0. The van der Waals surface area contributed by atoms with Crippen molar-refractivity contribution in [2.45, 2.75) is 19.4 Å². The molecule has 0 saturated carbocycles. The van der Waals surface area contributed by atoms with Crippen LogP contribution in [0.5, 0.6) is 0 Å². The number of nitrogens with zero attached hydrogens (tertiary/aromatic N) is 2. The van der Waals surface area contributed by atoms with Crippen molar-refractivity contribution in [1.82, 2.24) is 0 Å². The summed E-state index contributed by atoms with van der Waals surface area (Å²) in [4.78, 5) is 11.7. The van der Waals surface area contributed by atoms with Crippen molar-refractivity contribution in [2.24, 2.45) is 5.16 Å². The second-order valence-corrected chi connectivity index (χ2v) is 4.08. The van der Waals surface area contributed by atoms with Crippen molar-refractivity contribution in [2.75, 3.05) is 0 Å². The summed E-state index contributed by atoms with van der Waals surface area (Å²) < 4.78 is 0.460. The molecule has 0 saturated heterocycles. The van der Waals surface area contributed by atoms with Crippen LogP contribution in [0.4, 0.5) is 0 Å². The summed E-state index contributed by atoms with van der Waals surface area (Å²) in [5.41, 5.74) is -0.635. The zero-order valence-corrected chi connectivity index (χ0v) is 9.70. The molecule has 1 aromatic rings. The molecule has 0 fully saturated rings. The van der Waals surface area contributed by atoms with Crippen molar-refractivity contribution in [1.29, 1.82) is 0 Å². The second-order valence-electron chi connectivity index (χ2n) is 4.08. The molecule has 0 radical (unpaired) electrons. The molecule has 0 aliphatic heterocycles. The quantitative estimate of drug-likeness (QED) is 0.215. The molecule has 5 nitrogen and oxygen atoms in total. The van der Waals surface area contributed by atoms with E-state index >= 15 is 0 Å². The molecular formula is C12H14N2O3. The van der Waals surface area contributed by atoms with E-state index in [2.05, 4.69) is 5.16 Å². The lowest BCUT2D eigenvalue weighted by Gasteiger charge is -2.18. The molecule has 1 aromatic carbocycles. The number of hydrogen-bond acceptors (Lipinski definition) is 4. The topological polar surface area (TPSA) is 75.7 Å². The minimum Gasteiger partial charge on any atom is -0.623 e. The third-order valence-corrected chi connectivity index (χ3v) is 2.23. The molecular weight excluding hydrogens is 220 g/mol. The maximum atomic E-state index is 11.7. The minimum atomic E-state index is -1.07. The molecule has 5 heteroatoms. The maximum Gasteiger partial charge on any atom is 0.249 e. The van der Waals surface area contributed by atoms with E-state index in [0.29, 0.717) is 10.3 Å². The summed E-state index contributed by atoms with van der Waals surface area (Å²) in [6.45, 7) is 3.07. The van der Waals surface area contributed by atoms with E-state index in [4.69, 9.17) is 5.21 Å². The van der Waals surface area contributed by atoms with Gasteiger partial charge in [0.25, 0.3) is 0 Å². The Morgan fingerprint density at radius 3 is 2.53 bits per heavy atom. The van der Waals surface area contributed by atoms with E-state index in [1.807, 2.05) is 0 Å². The number of benzene rings is 1. The summed E-state index contributed by atoms with van der Waals surface area (Å²) in [5, 5.41) is 22.9. The van der Waals surface area contributed by atoms with Gasteiger partial charge in [-0.3, -0.25) is 4.79 Å². The summed E-state index contributed by atoms with van der Waals surface area (Å²) >= 11 is 0. The molecule has 0 aliphatic carbocycles. The van der Waals surface area contributed by atoms with Gasteiger partial charge in [-0.2, -0.15) is 4.74 Å². The van der Waals surface area contributed by atoms with E-state index in [0.717, 1.165) is 12.4 Å². The molecule has 0 heterocycles.